The van der Waals surface area contributed by atoms with Crippen LogP contribution in [0.25, 0.3) is 16.9 Å². The Bertz CT molecular complexity index is 963. The molecular formula is C18H17ClN4O. The molecule has 1 amide bonds. The maximum atomic E-state index is 11.7. The third-order valence-electron chi connectivity index (χ3n) is 4.50. The van der Waals surface area contributed by atoms with E-state index in [0.717, 1.165) is 41.3 Å². The molecule has 3 aromatic rings. The van der Waals surface area contributed by atoms with Gasteiger partial charge < -0.3 is 15.0 Å². The largest absolute Gasteiger partial charge is 0.325 e. The van der Waals surface area contributed by atoms with E-state index in [0.29, 0.717) is 11.6 Å². The molecule has 0 spiro atoms. The average molecular weight is 341 g/mol. The maximum absolute atomic E-state index is 11.7. The van der Waals surface area contributed by atoms with Crippen LogP contribution in [0.5, 0.6) is 0 Å². The third-order valence-corrected chi connectivity index (χ3v) is 4.73. The number of halogens is 1. The number of imidazole rings is 1. The van der Waals surface area contributed by atoms with Crippen LogP contribution in [0, 0.1) is 0 Å². The second-order valence-corrected chi connectivity index (χ2v) is 6.39. The number of nitrogens with two attached hydrogens (primary N) is 1. The highest BCUT2D eigenvalue weighted by Gasteiger charge is 2.23. The van der Waals surface area contributed by atoms with Gasteiger partial charge in [0.25, 0.3) is 0 Å². The molecule has 24 heavy (non-hydrogen) atoms. The van der Waals surface area contributed by atoms with E-state index in [1.165, 1.54) is 5.56 Å². The van der Waals surface area contributed by atoms with Gasteiger partial charge >= 0.3 is 0 Å². The molecule has 0 atom stereocenters. The van der Waals surface area contributed by atoms with E-state index < -0.39 is 0 Å². The molecule has 6 heteroatoms. The summed E-state index contributed by atoms with van der Waals surface area (Å²) in [6, 6.07) is 9.82. The van der Waals surface area contributed by atoms with Crippen LogP contribution < -0.4 is 10.6 Å². The number of carbonyl (C=O) groups excluding carboxylic acids is 1. The second-order valence-electron chi connectivity index (χ2n) is 5.95. The lowest BCUT2D eigenvalue weighted by atomic mass is 10.0. The fourth-order valence-corrected chi connectivity index (χ4v) is 3.53. The summed E-state index contributed by atoms with van der Waals surface area (Å²) >= 11 is 6.10. The number of aromatic nitrogens is 2. The molecule has 1 aromatic carbocycles. The van der Waals surface area contributed by atoms with Gasteiger partial charge in [-0.25, -0.2) is 4.98 Å². The van der Waals surface area contributed by atoms with Gasteiger partial charge in [-0.05, 0) is 36.2 Å². The van der Waals surface area contributed by atoms with Crippen molar-refractivity contribution in [2.45, 2.75) is 19.9 Å². The Morgan fingerprint density at radius 1 is 1.33 bits per heavy atom. The van der Waals surface area contributed by atoms with Crippen molar-refractivity contribution in [1.29, 1.82) is 0 Å². The zero-order valence-electron chi connectivity index (χ0n) is 13.3. The average Bonchev–Trinajstić information content (AvgIpc) is 3.14. The number of hydrogen-bond donors (Lipinski definition) is 1. The first-order valence-electron chi connectivity index (χ1n) is 7.86. The summed E-state index contributed by atoms with van der Waals surface area (Å²) in [5, 5.41) is 0.646. The molecule has 3 heterocycles. The Hall–Kier alpha value is -2.37. The van der Waals surface area contributed by atoms with Gasteiger partial charge in [-0.3, -0.25) is 4.79 Å². The molecule has 0 bridgehead atoms. The minimum atomic E-state index is 0.0755. The molecule has 2 aromatic heterocycles. The fourth-order valence-electron chi connectivity index (χ4n) is 3.37. The molecule has 0 fully saturated rings. The van der Waals surface area contributed by atoms with Crippen LogP contribution in [0.3, 0.4) is 0 Å². The van der Waals surface area contributed by atoms with Crippen LogP contribution in [0.4, 0.5) is 5.69 Å². The van der Waals surface area contributed by atoms with E-state index in [1.54, 1.807) is 6.92 Å². The Morgan fingerprint density at radius 2 is 2.17 bits per heavy atom. The van der Waals surface area contributed by atoms with Gasteiger partial charge in [0.2, 0.25) is 5.91 Å². The summed E-state index contributed by atoms with van der Waals surface area (Å²) in [5.41, 5.74) is 11.7. The summed E-state index contributed by atoms with van der Waals surface area (Å²) in [7, 11) is 0. The summed E-state index contributed by atoms with van der Waals surface area (Å²) in [5.74, 6) is 0.0755. The predicted octanol–water partition coefficient (Wildman–Crippen LogP) is 3.02. The normalized spacial score (nSPS) is 13.5. The van der Waals surface area contributed by atoms with Gasteiger partial charge in [0.1, 0.15) is 5.65 Å². The summed E-state index contributed by atoms with van der Waals surface area (Å²) < 4.78 is 1.94. The number of carbonyl (C=O) groups is 1. The SMILES string of the molecule is CC(=O)N1CCc2cc(-c3nc4ccc(Cl)cn4c3CN)ccc21. The van der Waals surface area contributed by atoms with Crippen molar-refractivity contribution in [2.75, 3.05) is 11.4 Å². The van der Waals surface area contributed by atoms with E-state index in [1.807, 2.05) is 39.8 Å². The number of hydrogen-bond acceptors (Lipinski definition) is 3. The van der Waals surface area contributed by atoms with Crippen LogP contribution in [-0.4, -0.2) is 21.8 Å². The smallest absolute Gasteiger partial charge is 0.223 e. The Morgan fingerprint density at radius 3 is 2.92 bits per heavy atom. The molecule has 122 valence electrons. The number of pyridine rings is 1. The van der Waals surface area contributed by atoms with Crippen molar-refractivity contribution < 1.29 is 4.79 Å². The molecule has 0 saturated heterocycles. The first kappa shape index (κ1) is 15.2. The van der Waals surface area contributed by atoms with Crippen molar-refractivity contribution in [3.05, 3.63) is 52.8 Å². The molecule has 0 saturated carbocycles. The summed E-state index contributed by atoms with van der Waals surface area (Å²) in [4.78, 5) is 18.2. The maximum Gasteiger partial charge on any atom is 0.223 e. The highest BCUT2D eigenvalue weighted by molar-refractivity contribution is 6.30. The first-order valence-corrected chi connectivity index (χ1v) is 8.24. The molecular weight excluding hydrogens is 324 g/mol. The number of rotatable bonds is 2. The molecule has 4 rings (SSSR count). The van der Waals surface area contributed by atoms with E-state index in [4.69, 9.17) is 22.3 Å². The van der Waals surface area contributed by atoms with Gasteiger partial charge in [0.15, 0.2) is 0 Å². The standard InChI is InChI=1S/C18H17ClN4O/c1-11(24)22-7-6-12-8-13(2-4-15(12)22)18-16(9-20)23-10-14(19)3-5-17(23)21-18/h2-5,8,10H,6-7,9,20H2,1H3. The molecule has 0 aliphatic carbocycles. The van der Waals surface area contributed by atoms with Crippen LogP contribution in [0.2, 0.25) is 5.02 Å². The molecule has 2 N–H and O–H groups in total. The summed E-state index contributed by atoms with van der Waals surface area (Å²) in [6.07, 6.45) is 2.69. The van der Waals surface area contributed by atoms with Crippen molar-refractivity contribution in [1.82, 2.24) is 9.38 Å². The van der Waals surface area contributed by atoms with Crippen LogP contribution >= 0.6 is 11.6 Å². The van der Waals surface area contributed by atoms with Crippen molar-refractivity contribution in [3.8, 4) is 11.3 Å². The number of amides is 1. The van der Waals surface area contributed by atoms with Crippen molar-refractivity contribution in [3.63, 3.8) is 0 Å². The summed E-state index contributed by atoms with van der Waals surface area (Å²) in [6.45, 7) is 2.70. The lowest BCUT2D eigenvalue weighted by Crippen LogP contribution is -2.25. The fraction of sp³-hybridized carbons (Fsp3) is 0.222. The number of fused-ring (bicyclic) bond motifs is 2. The molecule has 0 unspecified atom stereocenters. The third kappa shape index (κ3) is 2.28. The highest BCUT2D eigenvalue weighted by Crippen LogP contribution is 2.33. The van der Waals surface area contributed by atoms with Crippen LogP contribution in [0.15, 0.2) is 36.5 Å². The van der Waals surface area contributed by atoms with E-state index in [9.17, 15) is 4.79 Å². The van der Waals surface area contributed by atoms with E-state index in [-0.39, 0.29) is 5.91 Å². The number of anilines is 1. The molecule has 0 radical (unpaired) electrons. The van der Waals surface area contributed by atoms with Crippen LogP contribution in [0.1, 0.15) is 18.2 Å². The van der Waals surface area contributed by atoms with Gasteiger partial charge in [-0.2, -0.15) is 0 Å². The highest BCUT2D eigenvalue weighted by atomic mass is 35.5. The van der Waals surface area contributed by atoms with Gasteiger partial charge in [0.05, 0.1) is 16.4 Å². The first-order chi connectivity index (χ1) is 11.6. The van der Waals surface area contributed by atoms with Crippen LogP contribution in [-0.2, 0) is 17.8 Å². The zero-order chi connectivity index (χ0) is 16.8. The minimum absolute atomic E-state index is 0.0755. The van der Waals surface area contributed by atoms with Crippen molar-refractivity contribution in [2.24, 2.45) is 5.73 Å². The Balaban J connectivity index is 1.85. The minimum Gasteiger partial charge on any atom is -0.325 e. The van der Waals surface area contributed by atoms with Gasteiger partial charge in [-0.1, -0.05) is 17.7 Å². The monoisotopic (exact) mass is 340 g/mol. The molecule has 5 nitrogen and oxygen atoms in total. The molecule has 1 aliphatic rings. The quantitative estimate of drug-likeness (QED) is 0.780. The second kappa shape index (κ2) is 5.61. The van der Waals surface area contributed by atoms with Gasteiger partial charge in [0, 0.05) is 37.5 Å². The topological polar surface area (TPSA) is 63.6 Å². The number of nitrogens with zero attached hydrogens (tertiary/aromatic N) is 3. The van der Waals surface area contributed by atoms with E-state index in [2.05, 4.69) is 6.07 Å². The Kier molecular flexibility index (Phi) is 3.55. The predicted molar refractivity (Wildman–Crippen MR) is 95.3 cm³/mol. The number of benzene rings is 1. The molecule has 1 aliphatic heterocycles. The lowest BCUT2D eigenvalue weighted by Gasteiger charge is -2.14. The Labute approximate surface area is 144 Å². The zero-order valence-corrected chi connectivity index (χ0v) is 14.0. The van der Waals surface area contributed by atoms with Crippen molar-refractivity contribution >= 4 is 28.8 Å². The lowest BCUT2D eigenvalue weighted by molar-refractivity contribution is -0.116. The van der Waals surface area contributed by atoms with E-state index >= 15 is 0 Å². The van der Waals surface area contributed by atoms with Gasteiger partial charge in [-0.15, -0.1) is 0 Å².